The van der Waals surface area contributed by atoms with E-state index in [1.165, 1.54) is 0 Å². The molecule has 1 aliphatic rings. The van der Waals surface area contributed by atoms with Crippen molar-refractivity contribution in [1.29, 1.82) is 0 Å². The molecular weight excluding hydrogens is 170 g/mol. The molecule has 2 heterocycles. The molecule has 0 aliphatic carbocycles. The molecule has 5 heteroatoms. The van der Waals surface area contributed by atoms with Gasteiger partial charge in [0, 0.05) is 13.1 Å². The van der Waals surface area contributed by atoms with Gasteiger partial charge in [0.1, 0.15) is 11.4 Å². The fourth-order valence-electron chi connectivity index (χ4n) is 1.20. The third kappa shape index (κ3) is 1.71. The average Bonchev–Trinajstić information content (AvgIpc) is 2.44. The number of rotatable bonds is 3. The van der Waals surface area contributed by atoms with Crippen LogP contribution in [0, 0.1) is 6.92 Å². The van der Waals surface area contributed by atoms with Gasteiger partial charge in [-0.05, 0) is 13.8 Å². The summed E-state index contributed by atoms with van der Waals surface area (Å²) < 4.78 is 10.2. The summed E-state index contributed by atoms with van der Waals surface area (Å²) in [6, 6.07) is 0. The SMILES string of the molecule is Cc1nonc1COC1(C)CNC1. The standard InChI is InChI=1S/C8H13N3O2/c1-6-7(11-13-10-6)3-12-8(2)4-9-5-8/h9H,3-5H2,1-2H3. The third-order valence-electron chi connectivity index (χ3n) is 2.30. The summed E-state index contributed by atoms with van der Waals surface area (Å²) in [6.07, 6.45) is 0. The second-order valence-electron chi connectivity index (χ2n) is 3.64. The number of nitrogens with one attached hydrogen (secondary N) is 1. The average molecular weight is 183 g/mol. The van der Waals surface area contributed by atoms with E-state index in [2.05, 4.69) is 27.2 Å². The molecule has 5 nitrogen and oxygen atoms in total. The summed E-state index contributed by atoms with van der Waals surface area (Å²) in [4.78, 5) is 0. The van der Waals surface area contributed by atoms with Crippen LogP contribution in [0.2, 0.25) is 0 Å². The number of nitrogens with zero attached hydrogens (tertiary/aromatic N) is 2. The molecule has 0 atom stereocenters. The van der Waals surface area contributed by atoms with Crippen LogP contribution in [0.3, 0.4) is 0 Å². The van der Waals surface area contributed by atoms with Crippen molar-refractivity contribution < 1.29 is 9.37 Å². The van der Waals surface area contributed by atoms with Crippen LogP contribution in [0.1, 0.15) is 18.3 Å². The fraction of sp³-hybridized carbons (Fsp3) is 0.750. The quantitative estimate of drug-likeness (QED) is 0.728. The van der Waals surface area contributed by atoms with E-state index in [1.807, 2.05) is 6.92 Å². The molecule has 1 aliphatic heterocycles. The zero-order valence-electron chi connectivity index (χ0n) is 7.83. The van der Waals surface area contributed by atoms with Crippen LogP contribution in [-0.4, -0.2) is 29.0 Å². The monoisotopic (exact) mass is 183 g/mol. The van der Waals surface area contributed by atoms with E-state index in [9.17, 15) is 0 Å². The van der Waals surface area contributed by atoms with Gasteiger partial charge in [-0.3, -0.25) is 0 Å². The van der Waals surface area contributed by atoms with Crippen molar-refractivity contribution in [2.75, 3.05) is 13.1 Å². The van der Waals surface area contributed by atoms with Crippen LogP contribution in [-0.2, 0) is 11.3 Å². The van der Waals surface area contributed by atoms with E-state index in [0.717, 1.165) is 24.5 Å². The molecule has 0 amide bonds. The maximum Gasteiger partial charge on any atom is 0.133 e. The van der Waals surface area contributed by atoms with Crippen molar-refractivity contribution in [2.24, 2.45) is 0 Å². The van der Waals surface area contributed by atoms with Gasteiger partial charge < -0.3 is 10.1 Å². The highest BCUT2D eigenvalue weighted by atomic mass is 16.6. The molecule has 0 spiro atoms. The smallest absolute Gasteiger partial charge is 0.133 e. The Hall–Kier alpha value is -0.940. The highest BCUT2D eigenvalue weighted by Crippen LogP contribution is 2.17. The highest BCUT2D eigenvalue weighted by Gasteiger charge is 2.32. The molecule has 0 bridgehead atoms. The Labute approximate surface area is 76.4 Å². The van der Waals surface area contributed by atoms with Crippen LogP contribution < -0.4 is 5.32 Å². The first-order valence-electron chi connectivity index (χ1n) is 4.32. The predicted octanol–water partition coefficient (Wildman–Crippen LogP) is 0.257. The molecule has 1 fully saturated rings. The van der Waals surface area contributed by atoms with Crippen molar-refractivity contribution in [3.63, 3.8) is 0 Å². The Balaban J connectivity index is 1.89. The summed E-state index contributed by atoms with van der Waals surface area (Å²) >= 11 is 0. The summed E-state index contributed by atoms with van der Waals surface area (Å²) in [7, 11) is 0. The van der Waals surface area contributed by atoms with Gasteiger partial charge in [-0.1, -0.05) is 10.3 Å². The Kier molecular flexibility index (Phi) is 2.05. The maximum atomic E-state index is 5.67. The Bertz CT molecular complexity index is 293. The number of aryl methyl sites for hydroxylation is 1. The first kappa shape index (κ1) is 8.65. The topological polar surface area (TPSA) is 60.2 Å². The molecule has 1 saturated heterocycles. The molecule has 2 rings (SSSR count). The van der Waals surface area contributed by atoms with Crippen LogP contribution in [0.5, 0.6) is 0 Å². The number of hydrogen-bond donors (Lipinski definition) is 1. The van der Waals surface area contributed by atoms with Crippen LogP contribution in [0.4, 0.5) is 0 Å². The van der Waals surface area contributed by atoms with Gasteiger partial charge in [0.25, 0.3) is 0 Å². The van der Waals surface area contributed by atoms with E-state index in [0.29, 0.717) is 6.61 Å². The molecule has 0 radical (unpaired) electrons. The van der Waals surface area contributed by atoms with Gasteiger partial charge in [0.2, 0.25) is 0 Å². The minimum Gasteiger partial charge on any atom is -0.366 e. The molecule has 0 unspecified atom stereocenters. The predicted molar refractivity (Wildman–Crippen MR) is 45.1 cm³/mol. The number of aromatic nitrogens is 2. The van der Waals surface area contributed by atoms with Crippen LogP contribution in [0.25, 0.3) is 0 Å². The third-order valence-corrected chi connectivity index (χ3v) is 2.30. The van der Waals surface area contributed by atoms with Gasteiger partial charge in [-0.25, -0.2) is 4.63 Å². The van der Waals surface area contributed by atoms with Crippen molar-refractivity contribution in [1.82, 2.24) is 15.6 Å². The van der Waals surface area contributed by atoms with Gasteiger partial charge in [0.05, 0.1) is 12.2 Å². The van der Waals surface area contributed by atoms with Gasteiger partial charge in [-0.15, -0.1) is 0 Å². The maximum absolute atomic E-state index is 5.67. The second-order valence-corrected chi connectivity index (χ2v) is 3.64. The Morgan fingerprint density at radius 3 is 2.77 bits per heavy atom. The lowest BCUT2D eigenvalue weighted by Crippen LogP contribution is -2.58. The molecule has 1 aromatic rings. The minimum atomic E-state index is -0.0363. The van der Waals surface area contributed by atoms with E-state index >= 15 is 0 Å². The lowest BCUT2D eigenvalue weighted by atomic mass is 10.0. The zero-order chi connectivity index (χ0) is 9.31. The van der Waals surface area contributed by atoms with E-state index in [-0.39, 0.29) is 5.60 Å². The molecule has 72 valence electrons. The summed E-state index contributed by atoms with van der Waals surface area (Å²) in [6.45, 7) is 6.21. The van der Waals surface area contributed by atoms with Crippen molar-refractivity contribution in [3.8, 4) is 0 Å². The first-order chi connectivity index (χ1) is 6.20. The van der Waals surface area contributed by atoms with Gasteiger partial charge >= 0.3 is 0 Å². The number of ether oxygens (including phenoxy) is 1. The Morgan fingerprint density at radius 1 is 1.54 bits per heavy atom. The molecule has 1 N–H and O–H groups in total. The van der Waals surface area contributed by atoms with Gasteiger partial charge in [-0.2, -0.15) is 0 Å². The molecule has 13 heavy (non-hydrogen) atoms. The Morgan fingerprint density at radius 2 is 2.31 bits per heavy atom. The van der Waals surface area contributed by atoms with Crippen LogP contribution >= 0.6 is 0 Å². The number of hydrogen-bond acceptors (Lipinski definition) is 5. The van der Waals surface area contributed by atoms with E-state index < -0.39 is 0 Å². The summed E-state index contributed by atoms with van der Waals surface area (Å²) in [5.74, 6) is 0. The van der Waals surface area contributed by atoms with Crippen molar-refractivity contribution >= 4 is 0 Å². The van der Waals surface area contributed by atoms with Crippen molar-refractivity contribution in [3.05, 3.63) is 11.4 Å². The lowest BCUT2D eigenvalue weighted by Gasteiger charge is -2.38. The largest absolute Gasteiger partial charge is 0.366 e. The van der Waals surface area contributed by atoms with E-state index in [1.54, 1.807) is 0 Å². The molecule has 0 saturated carbocycles. The molecule has 1 aromatic heterocycles. The summed E-state index contributed by atoms with van der Waals surface area (Å²) in [5.41, 5.74) is 1.55. The highest BCUT2D eigenvalue weighted by molar-refractivity contribution is 5.03. The minimum absolute atomic E-state index is 0.0363. The molecular formula is C8H13N3O2. The zero-order valence-corrected chi connectivity index (χ0v) is 7.83. The van der Waals surface area contributed by atoms with E-state index in [4.69, 9.17) is 4.74 Å². The summed E-state index contributed by atoms with van der Waals surface area (Å²) in [5, 5.41) is 10.6. The molecule has 0 aromatic carbocycles. The van der Waals surface area contributed by atoms with Crippen molar-refractivity contribution in [2.45, 2.75) is 26.1 Å². The lowest BCUT2D eigenvalue weighted by molar-refractivity contribution is -0.0785. The van der Waals surface area contributed by atoms with Gasteiger partial charge in [0.15, 0.2) is 0 Å². The normalized spacial score (nSPS) is 19.8. The fourth-order valence-corrected chi connectivity index (χ4v) is 1.20. The first-order valence-corrected chi connectivity index (χ1v) is 4.32. The van der Waals surface area contributed by atoms with Crippen LogP contribution in [0.15, 0.2) is 4.63 Å². The second kappa shape index (κ2) is 3.08.